The van der Waals surface area contributed by atoms with Crippen molar-refractivity contribution in [2.45, 2.75) is 0 Å². The highest BCUT2D eigenvalue weighted by Gasteiger charge is 2.07. The Balaban J connectivity index is 1.95. The molecule has 2 aromatic rings. The van der Waals surface area contributed by atoms with Crippen LogP contribution < -0.4 is 10.6 Å². The lowest BCUT2D eigenvalue weighted by molar-refractivity contribution is -0.114. The quantitative estimate of drug-likeness (QED) is 0.876. The Bertz CT molecular complexity index is 680. The second-order valence-corrected chi connectivity index (χ2v) is 5.00. The lowest BCUT2D eigenvalue weighted by Crippen LogP contribution is -2.22. The van der Waals surface area contributed by atoms with Crippen molar-refractivity contribution >= 4 is 40.5 Å². The Hall–Kier alpha value is -1.85. The summed E-state index contributed by atoms with van der Waals surface area (Å²) in [7, 11) is 0. The van der Waals surface area contributed by atoms with Crippen molar-refractivity contribution in [3.63, 3.8) is 0 Å². The Morgan fingerprint density at radius 1 is 1.05 bits per heavy atom. The summed E-state index contributed by atoms with van der Waals surface area (Å²) in [4.78, 5) is 11.7. The van der Waals surface area contributed by atoms with E-state index in [0.29, 0.717) is 10.7 Å². The average molecular weight is 331 g/mol. The van der Waals surface area contributed by atoms with E-state index in [9.17, 15) is 13.6 Å². The molecule has 110 valence electrons. The van der Waals surface area contributed by atoms with Gasteiger partial charge in [0.15, 0.2) is 0 Å². The molecule has 0 heterocycles. The molecule has 0 aliphatic rings. The van der Waals surface area contributed by atoms with Crippen LogP contribution in [0, 0.1) is 11.6 Å². The van der Waals surface area contributed by atoms with Crippen LogP contribution in [0.5, 0.6) is 0 Å². The maximum atomic E-state index is 13.4. The fourth-order valence-corrected chi connectivity index (χ4v) is 1.94. The van der Waals surface area contributed by atoms with Crippen LogP contribution in [0.25, 0.3) is 0 Å². The molecule has 2 aromatic carbocycles. The second kappa shape index (κ2) is 6.74. The van der Waals surface area contributed by atoms with E-state index in [2.05, 4.69) is 10.6 Å². The van der Waals surface area contributed by atoms with E-state index in [1.807, 2.05) is 0 Å². The molecule has 21 heavy (non-hydrogen) atoms. The first-order valence-electron chi connectivity index (χ1n) is 5.89. The Kier molecular flexibility index (Phi) is 4.98. The predicted molar refractivity (Wildman–Crippen MR) is 79.9 cm³/mol. The van der Waals surface area contributed by atoms with Gasteiger partial charge in [-0.05, 0) is 36.4 Å². The molecule has 0 aliphatic carbocycles. The van der Waals surface area contributed by atoms with Crippen LogP contribution in [-0.2, 0) is 4.79 Å². The minimum absolute atomic E-state index is 0.0957. The highest BCUT2D eigenvalue weighted by atomic mass is 35.5. The number of hydrogen-bond acceptors (Lipinski definition) is 2. The van der Waals surface area contributed by atoms with Gasteiger partial charge in [-0.1, -0.05) is 23.2 Å². The number of hydrogen-bond donors (Lipinski definition) is 2. The first-order chi connectivity index (χ1) is 9.95. The van der Waals surface area contributed by atoms with E-state index in [4.69, 9.17) is 23.2 Å². The Morgan fingerprint density at radius 3 is 2.48 bits per heavy atom. The third-order valence-corrected chi connectivity index (χ3v) is 3.10. The van der Waals surface area contributed by atoms with Gasteiger partial charge in [0.1, 0.15) is 11.6 Å². The fraction of sp³-hybridized carbons (Fsp3) is 0.0714. The van der Waals surface area contributed by atoms with Crippen LogP contribution in [0.3, 0.4) is 0 Å². The zero-order valence-electron chi connectivity index (χ0n) is 10.6. The van der Waals surface area contributed by atoms with E-state index in [1.54, 1.807) is 0 Å². The fourth-order valence-electron chi connectivity index (χ4n) is 1.59. The van der Waals surface area contributed by atoms with Gasteiger partial charge in [0.25, 0.3) is 0 Å². The third-order valence-electron chi connectivity index (χ3n) is 2.57. The zero-order chi connectivity index (χ0) is 15.4. The predicted octanol–water partition coefficient (Wildman–Crippen LogP) is 4.32. The number of halogens is 4. The summed E-state index contributed by atoms with van der Waals surface area (Å²) >= 11 is 11.3. The summed E-state index contributed by atoms with van der Waals surface area (Å²) in [6.45, 7) is -0.174. The number of amides is 1. The standard InChI is InChI=1S/C14H10Cl2F2N2O/c15-8-1-3-12(18)13(5-8)19-7-14(21)20-9-2-4-11(17)10(16)6-9/h1-6,19H,7H2,(H,20,21). The largest absolute Gasteiger partial charge is 0.374 e. The molecule has 7 heteroatoms. The molecule has 0 saturated heterocycles. The van der Waals surface area contributed by atoms with Crippen molar-refractivity contribution in [1.82, 2.24) is 0 Å². The summed E-state index contributed by atoms with van der Waals surface area (Å²) < 4.78 is 26.4. The molecule has 0 atom stereocenters. The number of nitrogens with one attached hydrogen (secondary N) is 2. The Morgan fingerprint density at radius 2 is 1.76 bits per heavy atom. The van der Waals surface area contributed by atoms with Crippen molar-refractivity contribution < 1.29 is 13.6 Å². The van der Waals surface area contributed by atoms with Gasteiger partial charge in [0.05, 0.1) is 17.3 Å². The maximum absolute atomic E-state index is 13.4. The number of benzene rings is 2. The molecule has 2 rings (SSSR count). The van der Waals surface area contributed by atoms with Crippen LogP contribution in [0.1, 0.15) is 0 Å². The Labute approximate surface area is 129 Å². The van der Waals surface area contributed by atoms with Gasteiger partial charge in [-0.2, -0.15) is 0 Å². The summed E-state index contributed by atoms with van der Waals surface area (Å²) in [5.41, 5.74) is 0.467. The lowest BCUT2D eigenvalue weighted by atomic mass is 10.3. The van der Waals surface area contributed by atoms with E-state index in [0.717, 1.165) is 6.07 Å². The van der Waals surface area contributed by atoms with Gasteiger partial charge in [-0.3, -0.25) is 4.79 Å². The molecule has 0 aromatic heterocycles. The van der Waals surface area contributed by atoms with Crippen LogP contribution in [-0.4, -0.2) is 12.5 Å². The van der Waals surface area contributed by atoms with Crippen LogP contribution in [0.4, 0.5) is 20.2 Å². The second-order valence-electron chi connectivity index (χ2n) is 4.15. The van der Waals surface area contributed by atoms with Crippen molar-refractivity contribution in [2.75, 3.05) is 17.2 Å². The molecular weight excluding hydrogens is 321 g/mol. The van der Waals surface area contributed by atoms with Gasteiger partial charge in [-0.15, -0.1) is 0 Å². The molecule has 0 unspecified atom stereocenters. The van der Waals surface area contributed by atoms with Crippen molar-refractivity contribution in [3.8, 4) is 0 Å². The van der Waals surface area contributed by atoms with E-state index < -0.39 is 17.5 Å². The summed E-state index contributed by atoms with van der Waals surface area (Å²) in [6, 6.07) is 7.78. The first-order valence-corrected chi connectivity index (χ1v) is 6.65. The van der Waals surface area contributed by atoms with E-state index >= 15 is 0 Å². The van der Waals surface area contributed by atoms with Gasteiger partial charge < -0.3 is 10.6 Å². The van der Waals surface area contributed by atoms with Crippen molar-refractivity contribution in [2.24, 2.45) is 0 Å². The minimum Gasteiger partial charge on any atom is -0.374 e. The van der Waals surface area contributed by atoms with Gasteiger partial charge in [0, 0.05) is 10.7 Å². The molecule has 0 aliphatic heterocycles. The highest BCUT2D eigenvalue weighted by Crippen LogP contribution is 2.20. The average Bonchev–Trinajstić information content (AvgIpc) is 2.44. The molecule has 1 amide bonds. The number of carbonyl (C=O) groups is 1. The smallest absolute Gasteiger partial charge is 0.243 e. The monoisotopic (exact) mass is 330 g/mol. The van der Waals surface area contributed by atoms with E-state index in [-0.39, 0.29) is 17.3 Å². The topological polar surface area (TPSA) is 41.1 Å². The maximum Gasteiger partial charge on any atom is 0.243 e. The van der Waals surface area contributed by atoms with Crippen LogP contribution in [0.15, 0.2) is 36.4 Å². The third kappa shape index (κ3) is 4.31. The molecule has 0 saturated carbocycles. The molecule has 0 radical (unpaired) electrons. The number of carbonyl (C=O) groups excluding carboxylic acids is 1. The van der Waals surface area contributed by atoms with Gasteiger partial charge >= 0.3 is 0 Å². The lowest BCUT2D eigenvalue weighted by Gasteiger charge is -2.09. The first kappa shape index (κ1) is 15.5. The van der Waals surface area contributed by atoms with Gasteiger partial charge in [-0.25, -0.2) is 8.78 Å². The zero-order valence-corrected chi connectivity index (χ0v) is 12.1. The molecular formula is C14H10Cl2F2N2O. The minimum atomic E-state index is -0.575. The summed E-state index contributed by atoms with van der Waals surface area (Å²) in [6.07, 6.45) is 0. The van der Waals surface area contributed by atoms with E-state index in [1.165, 1.54) is 30.3 Å². The highest BCUT2D eigenvalue weighted by molar-refractivity contribution is 6.31. The molecule has 2 N–H and O–H groups in total. The molecule has 0 spiro atoms. The summed E-state index contributed by atoms with van der Waals surface area (Å²) in [5, 5.41) is 5.38. The van der Waals surface area contributed by atoms with Crippen molar-refractivity contribution in [1.29, 1.82) is 0 Å². The molecule has 3 nitrogen and oxygen atoms in total. The normalized spacial score (nSPS) is 10.3. The van der Waals surface area contributed by atoms with Crippen molar-refractivity contribution in [3.05, 3.63) is 58.1 Å². The number of rotatable bonds is 4. The van der Waals surface area contributed by atoms with Crippen LogP contribution in [0.2, 0.25) is 10.0 Å². The molecule has 0 fully saturated rings. The summed E-state index contributed by atoms with van der Waals surface area (Å²) in [5.74, 6) is -1.53. The SMILES string of the molecule is O=C(CNc1cc(Cl)ccc1F)Nc1ccc(F)c(Cl)c1. The number of anilines is 2. The van der Waals surface area contributed by atoms with Crippen LogP contribution >= 0.6 is 23.2 Å². The van der Waals surface area contributed by atoms with Gasteiger partial charge in [0.2, 0.25) is 5.91 Å². The molecule has 0 bridgehead atoms.